The highest BCUT2D eigenvalue weighted by Crippen LogP contribution is 2.29. The lowest BCUT2D eigenvalue weighted by Gasteiger charge is -2.39. The number of likely N-dealkylation sites (tertiary alicyclic amines) is 1. The normalized spacial score (nSPS) is 27.4. The van der Waals surface area contributed by atoms with Gasteiger partial charge in [0.05, 0.1) is 12.1 Å². The molecule has 0 N–H and O–H groups in total. The molecule has 2 amide bonds. The highest BCUT2D eigenvalue weighted by Gasteiger charge is 2.45. The molecule has 134 valence electrons. The summed E-state index contributed by atoms with van der Waals surface area (Å²) in [6, 6.07) is 3.46. The molecule has 0 unspecified atom stereocenters. The van der Waals surface area contributed by atoms with Gasteiger partial charge >= 0.3 is 0 Å². The van der Waals surface area contributed by atoms with Crippen LogP contribution in [0, 0.1) is 5.92 Å². The van der Waals surface area contributed by atoms with E-state index >= 15 is 0 Å². The van der Waals surface area contributed by atoms with Crippen molar-refractivity contribution in [3.05, 3.63) is 30.1 Å². The van der Waals surface area contributed by atoms with Crippen LogP contribution in [0.3, 0.4) is 0 Å². The number of pyridine rings is 1. The average Bonchev–Trinajstić information content (AvgIpc) is 3.10. The number of hydrogen-bond acceptors (Lipinski definition) is 4. The molecule has 1 aliphatic carbocycles. The van der Waals surface area contributed by atoms with Crippen molar-refractivity contribution in [2.24, 2.45) is 5.92 Å². The molecule has 0 bridgehead atoms. The molecular weight excluding hydrogens is 318 g/mol. The van der Waals surface area contributed by atoms with Crippen molar-refractivity contribution >= 4 is 11.8 Å². The monoisotopic (exact) mass is 343 g/mol. The zero-order chi connectivity index (χ0) is 17.2. The van der Waals surface area contributed by atoms with Crippen molar-refractivity contribution in [3.63, 3.8) is 0 Å². The summed E-state index contributed by atoms with van der Waals surface area (Å²) in [5.74, 6) is 0.664. The van der Waals surface area contributed by atoms with Gasteiger partial charge in [0.2, 0.25) is 5.91 Å². The van der Waals surface area contributed by atoms with Crippen LogP contribution in [0.15, 0.2) is 24.5 Å². The Hall–Kier alpha value is -1.95. The Kier molecular flexibility index (Phi) is 4.70. The molecule has 3 aliphatic rings. The zero-order valence-corrected chi connectivity index (χ0v) is 14.5. The molecule has 4 rings (SSSR count). The standard InChI is InChI=1S/C19H25N3O3/c23-18-13-25-17-12-21(19(24)15-6-8-20-9-7-15)11-16(17)22(18)10-14-4-2-1-3-5-14/h6-9,14,16-17H,1-5,10-13H2/t16-,17+/m1/s1. The molecule has 1 aromatic rings. The van der Waals surface area contributed by atoms with E-state index in [4.69, 9.17) is 4.74 Å². The number of aromatic nitrogens is 1. The van der Waals surface area contributed by atoms with E-state index in [1.807, 2.05) is 9.80 Å². The molecule has 0 aromatic carbocycles. The summed E-state index contributed by atoms with van der Waals surface area (Å²) in [5, 5.41) is 0. The topological polar surface area (TPSA) is 62.7 Å². The van der Waals surface area contributed by atoms with E-state index < -0.39 is 0 Å². The Morgan fingerprint density at radius 1 is 1.16 bits per heavy atom. The Morgan fingerprint density at radius 3 is 2.68 bits per heavy atom. The maximum Gasteiger partial charge on any atom is 0.254 e. The third-order valence-corrected chi connectivity index (χ3v) is 5.77. The van der Waals surface area contributed by atoms with Gasteiger partial charge in [0.1, 0.15) is 6.61 Å². The van der Waals surface area contributed by atoms with Gasteiger partial charge in [-0.2, -0.15) is 0 Å². The van der Waals surface area contributed by atoms with E-state index in [0.717, 1.165) is 6.54 Å². The van der Waals surface area contributed by atoms with Gasteiger partial charge in [0.15, 0.2) is 0 Å². The van der Waals surface area contributed by atoms with Crippen LogP contribution in [0.5, 0.6) is 0 Å². The fourth-order valence-corrected chi connectivity index (χ4v) is 4.39. The maximum atomic E-state index is 12.7. The van der Waals surface area contributed by atoms with Crippen LogP contribution in [0.25, 0.3) is 0 Å². The number of carbonyl (C=O) groups is 2. The minimum Gasteiger partial charge on any atom is -0.364 e. The Labute approximate surface area is 148 Å². The molecule has 1 aromatic heterocycles. The molecule has 25 heavy (non-hydrogen) atoms. The van der Waals surface area contributed by atoms with Gasteiger partial charge in [-0.3, -0.25) is 14.6 Å². The molecule has 6 heteroatoms. The average molecular weight is 343 g/mol. The third kappa shape index (κ3) is 3.40. The van der Waals surface area contributed by atoms with Crippen LogP contribution in [0.1, 0.15) is 42.5 Å². The quantitative estimate of drug-likeness (QED) is 0.838. The fourth-order valence-electron chi connectivity index (χ4n) is 4.39. The number of carbonyl (C=O) groups excluding carboxylic acids is 2. The predicted octanol–water partition coefficient (Wildman–Crippen LogP) is 1.71. The molecule has 6 nitrogen and oxygen atoms in total. The van der Waals surface area contributed by atoms with Crippen LogP contribution < -0.4 is 0 Å². The van der Waals surface area contributed by atoms with Gasteiger partial charge in [-0.25, -0.2) is 0 Å². The van der Waals surface area contributed by atoms with Gasteiger partial charge in [-0.05, 0) is 30.9 Å². The van der Waals surface area contributed by atoms with Crippen molar-refractivity contribution in [3.8, 4) is 0 Å². The van der Waals surface area contributed by atoms with Crippen molar-refractivity contribution in [2.45, 2.75) is 44.2 Å². The molecule has 1 saturated carbocycles. The SMILES string of the molecule is O=C(c1ccncc1)N1C[C@@H]2OCC(=O)N(CC3CCCCC3)[C@@H]2C1. The van der Waals surface area contributed by atoms with Gasteiger partial charge in [-0.1, -0.05) is 19.3 Å². The van der Waals surface area contributed by atoms with Crippen LogP contribution in [0.4, 0.5) is 0 Å². The lowest BCUT2D eigenvalue weighted by molar-refractivity contribution is -0.154. The van der Waals surface area contributed by atoms with Crippen molar-refractivity contribution in [2.75, 3.05) is 26.2 Å². The van der Waals surface area contributed by atoms with E-state index in [-0.39, 0.29) is 30.6 Å². The van der Waals surface area contributed by atoms with Crippen molar-refractivity contribution in [1.82, 2.24) is 14.8 Å². The van der Waals surface area contributed by atoms with Crippen molar-refractivity contribution in [1.29, 1.82) is 0 Å². The van der Waals surface area contributed by atoms with Crippen molar-refractivity contribution < 1.29 is 14.3 Å². The number of nitrogens with zero attached hydrogens (tertiary/aromatic N) is 3. The van der Waals surface area contributed by atoms with Crippen LogP contribution >= 0.6 is 0 Å². The first kappa shape index (κ1) is 16.5. The highest BCUT2D eigenvalue weighted by molar-refractivity contribution is 5.94. The van der Waals surface area contributed by atoms with E-state index in [1.165, 1.54) is 32.1 Å². The van der Waals surface area contributed by atoms with Gasteiger partial charge < -0.3 is 14.5 Å². The van der Waals surface area contributed by atoms with Gasteiger partial charge in [-0.15, -0.1) is 0 Å². The summed E-state index contributed by atoms with van der Waals surface area (Å²) in [4.78, 5) is 32.9. The van der Waals surface area contributed by atoms with Gasteiger partial charge in [0.25, 0.3) is 5.91 Å². The Balaban J connectivity index is 1.46. The summed E-state index contributed by atoms with van der Waals surface area (Å²) in [7, 11) is 0. The molecule has 3 fully saturated rings. The lowest BCUT2D eigenvalue weighted by Crippen LogP contribution is -2.55. The van der Waals surface area contributed by atoms with E-state index in [0.29, 0.717) is 24.6 Å². The van der Waals surface area contributed by atoms with E-state index in [9.17, 15) is 9.59 Å². The minimum absolute atomic E-state index is 0.00559. The first-order valence-electron chi connectivity index (χ1n) is 9.33. The number of hydrogen-bond donors (Lipinski definition) is 0. The molecular formula is C19H25N3O3. The van der Waals surface area contributed by atoms with E-state index in [1.54, 1.807) is 24.5 Å². The maximum absolute atomic E-state index is 12.7. The second-order valence-electron chi connectivity index (χ2n) is 7.41. The Bertz CT molecular complexity index is 630. The number of rotatable bonds is 3. The molecule has 3 heterocycles. The zero-order valence-electron chi connectivity index (χ0n) is 14.5. The highest BCUT2D eigenvalue weighted by atomic mass is 16.5. The predicted molar refractivity (Wildman–Crippen MR) is 92.0 cm³/mol. The lowest BCUT2D eigenvalue weighted by atomic mass is 9.88. The first-order chi connectivity index (χ1) is 12.2. The largest absolute Gasteiger partial charge is 0.364 e. The van der Waals surface area contributed by atoms with Gasteiger partial charge in [0, 0.05) is 37.6 Å². The molecule has 2 saturated heterocycles. The molecule has 0 radical (unpaired) electrons. The third-order valence-electron chi connectivity index (χ3n) is 5.77. The smallest absolute Gasteiger partial charge is 0.254 e. The van der Waals surface area contributed by atoms with Crippen LogP contribution in [0.2, 0.25) is 0 Å². The summed E-state index contributed by atoms with van der Waals surface area (Å²) >= 11 is 0. The second kappa shape index (κ2) is 7.12. The fraction of sp³-hybridized carbons (Fsp3) is 0.632. The number of morpholine rings is 1. The number of ether oxygens (including phenoxy) is 1. The van der Waals surface area contributed by atoms with Crippen LogP contribution in [-0.2, 0) is 9.53 Å². The Morgan fingerprint density at radius 2 is 1.92 bits per heavy atom. The number of fused-ring (bicyclic) bond motifs is 1. The first-order valence-corrected chi connectivity index (χ1v) is 9.33. The summed E-state index contributed by atoms with van der Waals surface area (Å²) < 4.78 is 5.75. The molecule has 2 atom stereocenters. The summed E-state index contributed by atoms with van der Waals surface area (Å²) in [6.07, 6.45) is 9.47. The molecule has 0 spiro atoms. The minimum atomic E-state index is -0.0629. The number of amides is 2. The summed E-state index contributed by atoms with van der Waals surface area (Å²) in [6.45, 7) is 2.08. The second-order valence-corrected chi connectivity index (χ2v) is 7.41. The summed E-state index contributed by atoms with van der Waals surface area (Å²) in [5.41, 5.74) is 0.638. The van der Waals surface area contributed by atoms with E-state index in [2.05, 4.69) is 4.98 Å². The van der Waals surface area contributed by atoms with Crippen LogP contribution in [-0.4, -0.2) is 65.0 Å². The molecule has 2 aliphatic heterocycles.